The lowest BCUT2D eigenvalue weighted by molar-refractivity contribution is 0.535. The molecule has 0 spiro atoms. The molecule has 0 atom stereocenters. The Balaban J connectivity index is 1.18. The number of hydrogen-bond acceptors (Lipinski definition) is 4. The minimum Gasteiger partial charge on any atom is -0.140 e. The zero-order valence-electron chi connectivity index (χ0n) is 34.2. The maximum Gasteiger partial charge on any atom is 0.0482 e. The molecule has 4 heteroatoms. The van der Waals surface area contributed by atoms with Crippen LogP contribution in [0.3, 0.4) is 0 Å². The summed E-state index contributed by atoms with van der Waals surface area (Å²) in [6.07, 6.45) is 42.5. The fourth-order valence-electron chi connectivity index (χ4n) is 7.92. The van der Waals surface area contributed by atoms with Crippen LogP contribution in [0.15, 0.2) is 24.3 Å². The topological polar surface area (TPSA) is 0 Å². The Morgan fingerprint density at radius 3 is 1.19 bits per heavy atom. The molecule has 0 nitrogen and oxygen atoms in total. The van der Waals surface area contributed by atoms with Gasteiger partial charge in [0.2, 0.25) is 0 Å². The second-order valence-electron chi connectivity index (χ2n) is 16.0. The minimum absolute atomic E-state index is 1.23. The van der Waals surface area contributed by atoms with Gasteiger partial charge >= 0.3 is 0 Å². The van der Waals surface area contributed by atoms with Crippen LogP contribution in [0, 0.1) is 13.8 Å². The Hall–Kier alpha value is -0.940. The highest BCUT2D eigenvalue weighted by atomic mass is 32.1. The van der Waals surface area contributed by atoms with Gasteiger partial charge in [0.25, 0.3) is 0 Å². The lowest BCUT2D eigenvalue weighted by atomic mass is 10.0. The van der Waals surface area contributed by atoms with Crippen molar-refractivity contribution in [3.63, 3.8) is 0 Å². The lowest BCUT2D eigenvalue weighted by Crippen LogP contribution is -1.87. The first-order chi connectivity index (χ1) is 25.6. The molecule has 0 aromatic carbocycles. The van der Waals surface area contributed by atoms with E-state index in [2.05, 4.69) is 63.3 Å². The second-order valence-corrected chi connectivity index (χ2v) is 20.7. The Bertz CT molecular complexity index is 1430. The zero-order valence-corrected chi connectivity index (χ0v) is 37.4. The first-order valence-electron chi connectivity index (χ1n) is 22.3. The summed E-state index contributed by atoms with van der Waals surface area (Å²) in [5, 5.41) is 0. The molecule has 0 N–H and O–H groups in total. The lowest BCUT2D eigenvalue weighted by Gasteiger charge is -2.04. The predicted octanol–water partition coefficient (Wildman–Crippen LogP) is 19.1. The number of aryl methyl sites for hydroxylation is 4. The van der Waals surface area contributed by atoms with E-state index in [-0.39, 0.29) is 0 Å². The molecule has 4 aromatic heterocycles. The minimum atomic E-state index is 1.23. The summed E-state index contributed by atoms with van der Waals surface area (Å²) in [5.74, 6) is 0. The number of unbranched alkanes of at least 4 members (excludes halogenated alkanes) is 26. The molecule has 0 saturated heterocycles. The van der Waals surface area contributed by atoms with Crippen molar-refractivity contribution in [2.45, 2.75) is 220 Å². The number of rotatable bonds is 32. The fourth-order valence-corrected chi connectivity index (χ4v) is 12.7. The summed E-state index contributed by atoms with van der Waals surface area (Å²) in [6, 6.07) is 10.0. The van der Waals surface area contributed by atoms with Crippen molar-refractivity contribution >= 4 is 54.7 Å². The molecule has 0 bridgehead atoms. The van der Waals surface area contributed by atoms with Crippen molar-refractivity contribution in [1.82, 2.24) is 0 Å². The van der Waals surface area contributed by atoms with Crippen LogP contribution in [0.5, 0.6) is 0 Å². The molecule has 0 fully saturated rings. The van der Waals surface area contributed by atoms with E-state index in [1.165, 1.54) is 222 Å². The SMILES string of the molecule is CCCCCCCCCCCCCCCCc1cc(-c2cc(CCCCCCCCCCCCCCCC)c(-c3cc4sc(C)cc4s3)s2)sc1C. The summed E-state index contributed by atoms with van der Waals surface area (Å²) in [7, 11) is 0. The maximum absolute atomic E-state index is 2.59. The quantitative estimate of drug-likeness (QED) is 0.0433. The van der Waals surface area contributed by atoms with Gasteiger partial charge in [-0.25, -0.2) is 0 Å². The van der Waals surface area contributed by atoms with Crippen LogP contribution in [0.1, 0.15) is 215 Å². The molecule has 52 heavy (non-hydrogen) atoms. The van der Waals surface area contributed by atoms with Crippen molar-refractivity contribution in [3.05, 3.63) is 45.1 Å². The van der Waals surface area contributed by atoms with E-state index in [0.29, 0.717) is 0 Å². The molecule has 0 radical (unpaired) electrons. The maximum atomic E-state index is 2.59. The molecule has 4 heterocycles. The van der Waals surface area contributed by atoms with Crippen LogP contribution in [0.25, 0.3) is 28.9 Å². The first-order valence-corrected chi connectivity index (χ1v) is 25.6. The third kappa shape index (κ3) is 16.4. The van der Waals surface area contributed by atoms with Gasteiger partial charge in [0.15, 0.2) is 0 Å². The van der Waals surface area contributed by atoms with E-state index in [1.807, 2.05) is 34.0 Å². The van der Waals surface area contributed by atoms with Crippen LogP contribution in [-0.4, -0.2) is 0 Å². The Labute approximate surface area is 337 Å². The van der Waals surface area contributed by atoms with E-state index in [0.717, 1.165) is 0 Å². The number of thiophene rings is 4. The summed E-state index contributed by atoms with van der Waals surface area (Å²) in [5.41, 5.74) is 3.21. The summed E-state index contributed by atoms with van der Waals surface area (Å²) < 4.78 is 2.94. The largest absolute Gasteiger partial charge is 0.140 e. The molecule has 0 saturated carbocycles. The van der Waals surface area contributed by atoms with Gasteiger partial charge in [0.1, 0.15) is 0 Å². The highest BCUT2D eigenvalue weighted by molar-refractivity contribution is 7.32. The average molecular weight is 781 g/mol. The first kappa shape index (κ1) is 43.8. The molecular formula is C48H76S4. The van der Waals surface area contributed by atoms with Crippen LogP contribution in [0.2, 0.25) is 0 Å². The van der Waals surface area contributed by atoms with Gasteiger partial charge in [-0.1, -0.05) is 181 Å². The average Bonchev–Trinajstić information content (AvgIpc) is 3.91. The Kier molecular flexibility index (Phi) is 22.6. The molecule has 4 aromatic rings. The van der Waals surface area contributed by atoms with Gasteiger partial charge < -0.3 is 0 Å². The van der Waals surface area contributed by atoms with Crippen molar-refractivity contribution in [3.8, 4) is 19.5 Å². The molecule has 0 amide bonds. The van der Waals surface area contributed by atoms with E-state index in [9.17, 15) is 0 Å². The molecule has 4 rings (SSSR count). The van der Waals surface area contributed by atoms with E-state index < -0.39 is 0 Å². The van der Waals surface area contributed by atoms with Crippen molar-refractivity contribution in [2.24, 2.45) is 0 Å². The van der Waals surface area contributed by atoms with Gasteiger partial charge in [-0.05, 0) is 74.9 Å². The van der Waals surface area contributed by atoms with Crippen molar-refractivity contribution in [1.29, 1.82) is 0 Å². The molecule has 0 unspecified atom stereocenters. The highest BCUT2D eigenvalue weighted by Gasteiger charge is 2.18. The predicted molar refractivity (Wildman–Crippen MR) is 244 cm³/mol. The van der Waals surface area contributed by atoms with Gasteiger partial charge in [-0.3, -0.25) is 0 Å². The number of hydrogen-bond donors (Lipinski definition) is 0. The third-order valence-electron chi connectivity index (χ3n) is 11.2. The molecule has 0 aliphatic carbocycles. The summed E-state index contributed by atoms with van der Waals surface area (Å²) in [6.45, 7) is 9.24. The van der Waals surface area contributed by atoms with Crippen LogP contribution in [-0.2, 0) is 12.8 Å². The standard InChI is InChI=1S/C48H76S4/c1-5-7-9-11-13-15-17-19-21-23-25-27-29-31-33-41-36-44(50-40(41)4)45-37-42(48(52-45)47-38-46-43(51-47)35-39(3)49-46)34-32-30-28-26-24-22-20-18-16-14-12-10-8-6-2/h35-38H,5-34H2,1-4H3. The van der Waals surface area contributed by atoms with Crippen LogP contribution < -0.4 is 0 Å². The normalized spacial score (nSPS) is 11.8. The van der Waals surface area contributed by atoms with E-state index in [4.69, 9.17) is 0 Å². The van der Waals surface area contributed by atoms with Gasteiger partial charge in [-0.2, -0.15) is 0 Å². The van der Waals surface area contributed by atoms with Crippen molar-refractivity contribution in [2.75, 3.05) is 0 Å². The van der Waals surface area contributed by atoms with Crippen LogP contribution >= 0.6 is 45.3 Å². The molecular weight excluding hydrogens is 705 g/mol. The summed E-state index contributed by atoms with van der Waals surface area (Å²) >= 11 is 8.09. The zero-order chi connectivity index (χ0) is 36.6. The summed E-state index contributed by atoms with van der Waals surface area (Å²) in [4.78, 5) is 9.03. The molecule has 0 aliphatic rings. The monoisotopic (exact) mass is 780 g/mol. The van der Waals surface area contributed by atoms with E-state index in [1.54, 1.807) is 20.9 Å². The smallest absolute Gasteiger partial charge is 0.0482 e. The Morgan fingerprint density at radius 2 is 0.731 bits per heavy atom. The highest BCUT2D eigenvalue weighted by Crippen LogP contribution is 2.46. The second kappa shape index (κ2) is 26.8. The van der Waals surface area contributed by atoms with Crippen LogP contribution in [0.4, 0.5) is 0 Å². The number of fused-ring (bicyclic) bond motifs is 1. The van der Waals surface area contributed by atoms with E-state index >= 15 is 0 Å². The fraction of sp³-hybridized carbons (Fsp3) is 0.708. The van der Waals surface area contributed by atoms with Gasteiger partial charge in [0, 0.05) is 38.7 Å². The third-order valence-corrected chi connectivity index (χ3v) is 16.1. The van der Waals surface area contributed by atoms with Crippen molar-refractivity contribution < 1.29 is 0 Å². The Morgan fingerprint density at radius 1 is 0.346 bits per heavy atom. The van der Waals surface area contributed by atoms with Gasteiger partial charge in [0.05, 0.1) is 0 Å². The molecule has 292 valence electrons. The van der Waals surface area contributed by atoms with Gasteiger partial charge in [-0.15, -0.1) is 45.3 Å². The molecule has 0 aliphatic heterocycles.